The van der Waals surface area contributed by atoms with Gasteiger partial charge in [0.2, 0.25) is 0 Å². The molecule has 1 aliphatic carbocycles. The smallest absolute Gasteiger partial charge is 0.0830 e. The maximum Gasteiger partial charge on any atom is 0.0830 e. The van der Waals surface area contributed by atoms with Crippen LogP contribution in [0.1, 0.15) is 43.2 Å². The quantitative estimate of drug-likeness (QED) is 0.679. The van der Waals surface area contributed by atoms with Crippen molar-refractivity contribution in [3.63, 3.8) is 0 Å². The summed E-state index contributed by atoms with van der Waals surface area (Å²) in [5, 5.41) is 0. The summed E-state index contributed by atoms with van der Waals surface area (Å²) in [4.78, 5) is 0. The van der Waals surface area contributed by atoms with Gasteiger partial charge in [0.25, 0.3) is 0 Å². The van der Waals surface area contributed by atoms with E-state index in [2.05, 4.69) is 24.3 Å². The van der Waals surface area contributed by atoms with Crippen LogP contribution in [0, 0.1) is 11.8 Å². The normalized spacial score (nSPS) is 22.8. The lowest BCUT2D eigenvalue weighted by Gasteiger charge is -2.28. The first-order chi connectivity index (χ1) is 10.3. The number of methoxy groups -OCH3 is 1. The fourth-order valence-electron chi connectivity index (χ4n) is 3.32. The summed E-state index contributed by atoms with van der Waals surface area (Å²) in [6.45, 7) is 0.932. The fraction of sp³-hybridized carbons (Fsp3) is 0.579. The van der Waals surface area contributed by atoms with Gasteiger partial charge >= 0.3 is 0 Å². The zero-order chi connectivity index (χ0) is 14.9. The highest BCUT2D eigenvalue weighted by Gasteiger charge is 2.20. The van der Waals surface area contributed by atoms with Crippen molar-refractivity contribution in [2.75, 3.05) is 13.7 Å². The van der Waals surface area contributed by atoms with Gasteiger partial charge in [0.05, 0.1) is 6.33 Å². The first-order valence-corrected chi connectivity index (χ1v) is 8.13. The van der Waals surface area contributed by atoms with Crippen molar-refractivity contribution in [3.8, 4) is 0 Å². The van der Waals surface area contributed by atoms with Crippen LogP contribution in [0.4, 0.5) is 4.39 Å². The molecule has 0 aliphatic heterocycles. The predicted octanol–water partition coefficient (Wildman–Crippen LogP) is 5.10. The molecule has 0 atom stereocenters. The topological polar surface area (TPSA) is 9.23 Å². The summed E-state index contributed by atoms with van der Waals surface area (Å²) >= 11 is 0. The standard InChI is InChI=1S/C19H27FO/c1-21-15-19-12-10-18(11-13-19)9-8-17-6-4-16(5-7-17)3-2-14-20/h2,4-7,14,18-19H,3,8-13,15H2,1H3/b14-2+/t18-,19-. The van der Waals surface area contributed by atoms with Gasteiger partial charge in [-0.15, -0.1) is 0 Å². The van der Waals surface area contributed by atoms with Gasteiger partial charge in [0, 0.05) is 13.7 Å². The second-order valence-corrected chi connectivity index (χ2v) is 6.26. The van der Waals surface area contributed by atoms with Crippen molar-refractivity contribution in [2.24, 2.45) is 11.8 Å². The molecule has 1 saturated carbocycles. The van der Waals surface area contributed by atoms with Crippen molar-refractivity contribution in [1.82, 2.24) is 0 Å². The number of ether oxygens (including phenoxy) is 1. The maximum absolute atomic E-state index is 12.0. The molecule has 0 bridgehead atoms. The molecule has 0 amide bonds. The molecule has 0 saturated heterocycles. The van der Waals surface area contributed by atoms with E-state index in [0.29, 0.717) is 12.8 Å². The van der Waals surface area contributed by atoms with Crippen LogP contribution in [-0.4, -0.2) is 13.7 Å². The Morgan fingerprint density at radius 1 is 1.05 bits per heavy atom. The molecule has 1 aliphatic rings. The zero-order valence-corrected chi connectivity index (χ0v) is 13.1. The number of halogens is 1. The highest BCUT2D eigenvalue weighted by molar-refractivity contribution is 5.24. The van der Waals surface area contributed by atoms with E-state index < -0.39 is 0 Å². The fourth-order valence-corrected chi connectivity index (χ4v) is 3.32. The largest absolute Gasteiger partial charge is 0.384 e. The molecule has 0 unspecified atom stereocenters. The minimum atomic E-state index is 0.619. The van der Waals surface area contributed by atoms with Crippen molar-refractivity contribution < 1.29 is 9.13 Å². The van der Waals surface area contributed by atoms with Crippen molar-refractivity contribution in [1.29, 1.82) is 0 Å². The second kappa shape index (κ2) is 8.99. The third-order valence-electron chi connectivity index (χ3n) is 4.68. The molecule has 0 aromatic heterocycles. The minimum absolute atomic E-state index is 0.619. The predicted molar refractivity (Wildman–Crippen MR) is 86.0 cm³/mol. The minimum Gasteiger partial charge on any atom is -0.384 e. The first kappa shape index (κ1) is 16.2. The molecule has 116 valence electrons. The molecule has 0 N–H and O–H groups in total. The molecule has 2 heteroatoms. The summed E-state index contributed by atoms with van der Waals surface area (Å²) in [5.41, 5.74) is 2.58. The maximum atomic E-state index is 12.0. The highest BCUT2D eigenvalue weighted by Crippen LogP contribution is 2.31. The van der Waals surface area contributed by atoms with Crippen LogP contribution < -0.4 is 0 Å². The molecular formula is C19H27FO. The Labute approximate surface area is 128 Å². The molecule has 1 aromatic rings. The van der Waals surface area contributed by atoms with Gasteiger partial charge in [0.15, 0.2) is 0 Å². The lowest BCUT2D eigenvalue weighted by atomic mass is 9.80. The van der Waals surface area contributed by atoms with Gasteiger partial charge in [0.1, 0.15) is 0 Å². The van der Waals surface area contributed by atoms with E-state index in [1.807, 2.05) is 0 Å². The Bertz CT molecular complexity index is 416. The van der Waals surface area contributed by atoms with Gasteiger partial charge in [-0.1, -0.05) is 43.2 Å². The second-order valence-electron chi connectivity index (χ2n) is 6.26. The number of aryl methyl sites for hydroxylation is 1. The van der Waals surface area contributed by atoms with Crippen molar-refractivity contribution in [2.45, 2.75) is 44.9 Å². The number of allylic oxidation sites excluding steroid dienone is 1. The molecule has 0 heterocycles. The summed E-state index contributed by atoms with van der Waals surface area (Å²) in [6, 6.07) is 8.62. The summed E-state index contributed by atoms with van der Waals surface area (Å²) in [5.74, 6) is 1.67. The number of benzene rings is 1. The zero-order valence-electron chi connectivity index (χ0n) is 13.1. The van der Waals surface area contributed by atoms with Crippen LogP contribution in [0.25, 0.3) is 0 Å². The van der Waals surface area contributed by atoms with Crippen LogP contribution in [0.15, 0.2) is 36.7 Å². The van der Waals surface area contributed by atoms with Gasteiger partial charge < -0.3 is 4.74 Å². The van der Waals surface area contributed by atoms with Gasteiger partial charge in [-0.25, -0.2) is 4.39 Å². The van der Waals surface area contributed by atoms with Crippen LogP contribution in [0.2, 0.25) is 0 Å². The van der Waals surface area contributed by atoms with E-state index in [1.165, 1.54) is 49.7 Å². The lowest BCUT2D eigenvalue weighted by molar-refractivity contribution is 0.117. The molecule has 0 spiro atoms. The SMILES string of the molecule is COC[C@H]1CC[C@H](CCc2ccc(C/C=C/F)cc2)CC1. The van der Waals surface area contributed by atoms with Crippen LogP contribution >= 0.6 is 0 Å². The number of hydrogen-bond acceptors (Lipinski definition) is 1. The van der Waals surface area contributed by atoms with Crippen LogP contribution in [-0.2, 0) is 17.6 Å². The van der Waals surface area contributed by atoms with Crippen LogP contribution in [0.3, 0.4) is 0 Å². The molecule has 0 radical (unpaired) electrons. The average Bonchev–Trinajstić information content (AvgIpc) is 2.53. The van der Waals surface area contributed by atoms with Crippen LogP contribution in [0.5, 0.6) is 0 Å². The van der Waals surface area contributed by atoms with E-state index in [9.17, 15) is 4.39 Å². The summed E-state index contributed by atoms with van der Waals surface area (Å²) in [6.07, 6.45) is 10.7. The Morgan fingerprint density at radius 2 is 1.67 bits per heavy atom. The van der Waals surface area contributed by atoms with E-state index in [1.54, 1.807) is 13.2 Å². The van der Waals surface area contributed by atoms with E-state index in [-0.39, 0.29) is 0 Å². The molecule has 21 heavy (non-hydrogen) atoms. The monoisotopic (exact) mass is 290 g/mol. The van der Waals surface area contributed by atoms with Gasteiger partial charge in [-0.3, -0.25) is 0 Å². The number of rotatable bonds is 7. The van der Waals surface area contributed by atoms with E-state index in [4.69, 9.17) is 4.74 Å². The highest BCUT2D eigenvalue weighted by atomic mass is 19.1. The van der Waals surface area contributed by atoms with Gasteiger partial charge in [-0.2, -0.15) is 0 Å². The van der Waals surface area contributed by atoms with E-state index in [0.717, 1.165) is 18.4 Å². The third kappa shape index (κ3) is 5.62. The lowest BCUT2D eigenvalue weighted by Crippen LogP contribution is -2.18. The Balaban J connectivity index is 1.71. The van der Waals surface area contributed by atoms with Gasteiger partial charge in [-0.05, 0) is 55.1 Å². The van der Waals surface area contributed by atoms with Crippen molar-refractivity contribution >= 4 is 0 Å². The summed E-state index contributed by atoms with van der Waals surface area (Å²) in [7, 11) is 1.80. The molecule has 1 aromatic carbocycles. The Hall–Kier alpha value is -1.15. The van der Waals surface area contributed by atoms with Crippen molar-refractivity contribution in [3.05, 3.63) is 47.8 Å². The number of hydrogen-bond donors (Lipinski definition) is 0. The first-order valence-electron chi connectivity index (χ1n) is 8.13. The molecule has 1 nitrogen and oxygen atoms in total. The average molecular weight is 290 g/mol. The summed E-state index contributed by atoms with van der Waals surface area (Å²) < 4.78 is 17.2. The Morgan fingerprint density at radius 3 is 2.29 bits per heavy atom. The molecular weight excluding hydrogens is 263 g/mol. The molecule has 1 fully saturated rings. The molecule has 2 rings (SSSR count). The van der Waals surface area contributed by atoms with E-state index >= 15 is 0 Å². The third-order valence-corrected chi connectivity index (χ3v) is 4.68. The Kier molecular flexibility index (Phi) is 6.94.